The molecular formula is C26H23Cl2N3O3S. The van der Waals surface area contributed by atoms with Crippen molar-refractivity contribution in [3.63, 3.8) is 0 Å². The SMILES string of the molecule is O=C(CN1C(=O)S/C(=C\c2cn(Cc3ccc(Cl)c(Cl)c3)c3ccccc23)C1=O)N1CCCCC1. The maximum atomic E-state index is 13.1. The summed E-state index contributed by atoms with van der Waals surface area (Å²) >= 11 is 13.1. The highest BCUT2D eigenvalue weighted by Crippen LogP contribution is 2.34. The predicted octanol–water partition coefficient (Wildman–Crippen LogP) is 6.05. The molecule has 2 aliphatic heterocycles. The number of aromatic nitrogens is 1. The van der Waals surface area contributed by atoms with Crippen LogP contribution in [0.1, 0.15) is 30.4 Å². The third kappa shape index (κ3) is 4.99. The second kappa shape index (κ2) is 10.1. The number of piperidine rings is 1. The lowest BCUT2D eigenvalue weighted by molar-refractivity contribution is -0.136. The Hall–Kier alpha value is -2.74. The van der Waals surface area contributed by atoms with Crippen LogP contribution < -0.4 is 0 Å². The highest BCUT2D eigenvalue weighted by molar-refractivity contribution is 8.18. The first kappa shape index (κ1) is 24.0. The molecule has 35 heavy (non-hydrogen) atoms. The van der Waals surface area contributed by atoms with E-state index in [0.717, 1.165) is 58.0 Å². The fraction of sp³-hybridized carbons (Fsp3) is 0.269. The van der Waals surface area contributed by atoms with Crippen LogP contribution in [0.25, 0.3) is 17.0 Å². The Bertz CT molecular complexity index is 1360. The Morgan fingerprint density at radius 1 is 1.00 bits per heavy atom. The first-order valence-corrected chi connectivity index (χ1v) is 13.0. The minimum absolute atomic E-state index is 0.175. The monoisotopic (exact) mass is 527 g/mol. The number of rotatable bonds is 5. The molecule has 3 amide bonds. The number of carbonyl (C=O) groups is 3. The van der Waals surface area contributed by atoms with Crippen molar-refractivity contribution in [3.8, 4) is 0 Å². The number of fused-ring (bicyclic) bond motifs is 1. The first-order valence-electron chi connectivity index (χ1n) is 11.5. The molecule has 0 spiro atoms. The van der Waals surface area contributed by atoms with E-state index in [1.807, 2.05) is 42.6 Å². The number of amides is 3. The van der Waals surface area contributed by atoms with Gasteiger partial charge in [-0.25, -0.2) is 0 Å². The van der Waals surface area contributed by atoms with Crippen LogP contribution in [0.5, 0.6) is 0 Å². The maximum absolute atomic E-state index is 13.1. The zero-order valence-corrected chi connectivity index (χ0v) is 21.2. The van der Waals surface area contributed by atoms with Crippen molar-refractivity contribution >= 4 is 69.0 Å². The van der Waals surface area contributed by atoms with Crippen LogP contribution in [-0.2, 0) is 16.1 Å². The van der Waals surface area contributed by atoms with E-state index < -0.39 is 11.1 Å². The van der Waals surface area contributed by atoms with Crippen LogP contribution in [0.2, 0.25) is 10.0 Å². The summed E-state index contributed by atoms with van der Waals surface area (Å²) in [4.78, 5) is 41.4. The minimum Gasteiger partial charge on any atom is -0.342 e. The minimum atomic E-state index is -0.424. The lowest BCUT2D eigenvalue weighted by atomic mass is 10.1. The van der Waals surface area contributed by atoms with Gasteiger partial charge in [0.1, 0.15) is 6.54 Å². The van der Waals surface area contributed by atoms with Gasteiger partial charge in [-0.2, -0.15) is 0 Å². The van der Waals surface area contributed by atoms with Crippen molar-refractivity contribution in [1.29, 1.82) is 0 Å². The fourth-order valence-corrected chi connectivity index (χ4v) is 5.66. The van der Waals surface area contributed by atoms with Gasteiger partial charge in [0.05, 0.1) is 15.0 Å². The molecule has 180 valence electrons. The molecule has 3 aromatic rings. The van der Waals surface area contributed by atoms with Gasteiger partial charge in [0.2, 0.25) is 5.91 Å². The van der Waals surface area contributed by atoms with E-state index in [1.165, 1.54) is 0 Å². The zero-order valence-electron chi connectivity index (χ0n) is 18.9. The molecule has 3 heterocycles. The van der Waals surface area contributed by atoms with Gasteiger partial charge in [0, 0.05) is 42.3 Å². The average molecular weight is 528 g/mol. The molecular weight excluding hydrogens is 505 g/mol. The molecule has 6 nitrogen and oxygen atoms in total. The number of carbonyl (C=O) groups excluding carboxylic acids is 3. The number of imide groups is 1. The van der Waals surface area contributed by atoms with Crippen molar-refractivity contribution in [2.45, 2.75) is 25.8 Å². The van der Waals surface area contributed by atoms with Gasteiger partial charge in [0.25, 0.3) is 11.1 Å². The fourth-order valence-electron chi connectivity index (χ4n) is 4.51. The van der Waals surface area contributed by atoms with E-state index in [1.54, 1.807) is 17.0 Å². The van der Waals surface area contributed by atoms with Gasteiger partial charge in [-0.15, -0.1) is 0 Å². The number of nitrogens with zero attached hydrogens (tertiary/aromatic N) is 3. The Kier molecular flexibility index (Phi) is 6.91. The summed E-state index contributed by atoms with van der Waals surface area (Å²) < 4.78 is 2.07. The molecule has 0 aliphatic carbocycles. The molecule has 0 bridgehead atoms. The molecule has 5 rings (SSSR count). The summed E-state index contributed by atoms with van der Waals surface area (Å²) in [5, 5.41) is 1.55. The lowest BCUT2D eigenvalue weighted by Gasteiger charge is -2.27. The van der Waals surface area contributed by atoms with Gasteiger partial charge in [-0.05, 0) is 60.9 Å². The van der Waals surface area contributed by atoms with E-state index in [0.29, 0.717) is 34.6 Å². The van der Waals surface area contributed by atoms with Gasteiger partial charge >= 0.3 is 0 Å². The van der Waals surface area contributed by atoms with Crippen molar-refractivity contribution in [3.05, 3.63) is 74.7 Å². The third-order valence-electron chi connectivity index (χ3n) is 6.32. The second-order valence-electron chi connectivity index (χ2n) is 8.69. The second-order valence-corrected chi connectivity index (χ2v) is 10.5. The van der Waals surface area contributed by atoms with Crippen molar-refractivity contribution in [2.75, 3.05) is 19.6 Å². The van der Waals surface area contributed by atoms with E-state index in [2.05, 4.69) is 4.57 Å². The molecule has 2 saturated heterocycles. The van der Waals surface area contributed by atoms with Gasteiger partial charge < -0.3 is 9.47 Å². The van der Waals surface area contributed by atoms with Crippen LogP contribution in [0.3, 0.4) is 0 Å². The normalized spacial score (nSPS) is 17.7. The molecule has 2 aliphatic rings. The molecule has 1 aromatic heterocycles. The van der Waals surface area contributed by atoms with Crippen LogP contribution in [0, 0.1) is 0 Å². The number of thioether (sulfide) groups is 1. The number of likely N-dealkylation sites (tertiary alicyclic amines) is 1. The molecule has 2 fully saturated rings. The van der Waals surface area contributed by atoms with Crippen LogP contribution in [0.15, 0.2) is 53.6 Å². The number of para-hydroxylation sites is 1. The number of halogens is 2. The first-order chi connectivity index (χ1) is 16.9. The van der Waals surface area contributed by atoms with E-state index in [-0.39, 0.29) is 12.5 Å². The number of hydrogen-bond acceptors (Lipinski definition) is 4. The molecule has 2 aromatic carbocycles. The summed E-state index contributed by atoms with van der Waals surface area (Å²) in [7, 11) is 0. The van der Waals surface area contributed by atoms with Crippen molar-refractivity contribution in [1.82, 2.24) is 14.4 Å². The molecule has 9 heteroatoms. The summed E-state index contributed by atoms with van der Waals surface area (Å²) in [6.45, 7) is 1.73. The molecule has 0 unspecified atom stereocenters. The Balaban J connectivity index is 1.40. The quantitative estimate of drug-likeness (QED) is 0.379. The zero-order chi connectivity index (χ0) is 24.5. The standard InChI is InChI=1S/C26H23Cl2N3O3S/c27-20-9-8-17(12-21(20)28)14-30-15-18(19-6-2-3-7-22(19)30)13-23-25(33)31(26(34)35-23)16-24(32)29-10-4-1-5-11-29/h2-3,6-9,12-13,15H,1,4-5,10-11,14,16H2/b23-13-. The maximum Gasteiger partial charge on any atom is 0.294 e. The average Bonchev–Trinajstić information content (AvgIpc) is 3.34. The Labute approximate surface area is 217 Å². The van der Waals surface area contributed by atoms with Crippen LogP contribution in [-0.4, -0.2) is 51.1 Å². The van der Waals surface area contributed by atoms with Crippen molar-refractivity contribution in [2.24, 2.45) is 0 Å². The lowest BCUT2D eigenvalue weighted by Crippen LogP contribution is -2.44. The van der Waals surface area contributed by atoms with Crippen LogP contribution in [0.4, 0.5) is 4.79 Å². The van der Waals surface area contributed by atoms with E-state index in [9.17, 15) is 14.4 Å². The summed E-state index contributed by atoms with van der Waals surface area (Å²) in [6, 6.07) is 13.4. The van der Waals surface area contributed by atoms with E-state index >= 15 is 0 Å². The van der Waals surface area contributed by atoms with Gasteiger partial charge in [-0.1, -0.05) is 47.5 Å². The highest BCUT2D eigenvalue weighted by atomic mass is 35.5. The molecule has 0 atom stereocenters. The Morgan fingerprint density at radius 3 is 2.54 bits per heavy atom. The number of hydrogen-bond donors (Lipinski definition) is 0. The molecule has 0 saturated carbocycles. The largest absolute Gasteiger partial charge is 0.342 e. The molecule has 0 radical (unpaired) electrons. The number of benzene rings is 2. The highest BCUT2D eigenvalue weighted by Gasteiger charge is 2.37. The predicted molar refractivity (Wildman–Crippen MR) is 141 cm³/mol. The summed E-state index contributed by atoms with van der Waals surface area (Å²) in [5.74, 6) is -0.599. The van der Waals surface area contributed by atoms with Crippen molar-refractivity contribution < 1.29 is 14.4 Å². The third-order valence-corrected chi connectivity index (χ3v) is 7.97. The van der Waals surface area contributed by atoms with Crippen LogP contribution >= 0.6 is 35.0 Å². The van der Waals surface area contributed by atoms with E-state index in [4.69, 9.17) is 23.2 Å². The van der Waals surface area contributed by atoms with Gasteiger partial charge in [-0.3, -0.25) is 19.3 Å². The summed E-state index contributed by atoms with van der Waals surface area (Å²) in [6.07, 6.45) is 6.72. The van der Waals surface area contributed by atoms with Gasteiger partial charge in [0.15, 0.2) is 0 Å². The smallest absolute Gasteiger partial charge is 0.294 e. The molecule has 0 N–H and O–H groups in total. The summed E-state index contributed by atoms with van der Waals surface area (Å²) in [5.41, 5.74) is 2.81. The Morgan fingerprint density at radius 2 is 1.77 bits per heavy atom. The topological polar surface area (TPSA) is 62.6 Å².